The van der Waals surface area contributed by atoms with Gasteiger partial charge in [-0.05, 0) is 43.5 Å². The second-order valence-corrected chi connectivity index (χ2v) is 8.12. The first-order chi connectivity index (χ1) is 14.9. The largest absolute Gasteiger partial charge is 0.386 e. The molecule has 1 unspecified atom stereocenters. The van der Waals surface area contributed by atoms with E-state index in [0.29, 0.717) is 43.9 Å². The van der Waals surface area contributed by atoms with E-state index in [2.05, 4.69) is 15.8 Å². The molecule has 2 heterocycles. The van der Waals surface area contributed by atoms with Crippen LogP contribution in [-0.4, -0.2) is 41.2 Å². The summed E-state index contributed by atoms with van der Waals surface area (Å²) in [7, 11) is 0. The molecule has 8 heteroatoms. The quantitative estimate of drug-likeness (QED) is 0.787. The van der Waals surface area contributed by atoms with Gasteiger partial charge < -0.3 is 20.4 Å². The zero-order valence-corrected chi connectivity index (χ0v) is 17.4. The number of amides is 3. The first kappa shape index (κ1) is 20.8. The zero-order valence-electron chi connectivity index (χ0n) is 17.4. The van der Waals surface area contributed by atoms with Gasteiger partial charge in [-0.15, -0.1) is 0 Å². The standard InChI is InChI=1S/C23H25FN4O3/c1-16-6-8-17(9-7-16)14-25-21(29)20-13-23(31-27-20)10-3-11-28(15-23)22(30)26-19-5-2-4-18(24)12-19/h2,4-9,12H,3,10-11,13-15H2,1H3,(H,25,29)(H,26,30). The molecule has 1 saturated heterocycles. The van der Waals surface area contributed by atoms with Crippen LogP contribution in [0.5, 0.6) is 0 Å². The van der Waals surface area contributed by atoms with Crippen LogP contribution in [0.1, 0.15) is 30.4 Å². The van der Waals surface area contributed by atoms with Crippen molar-refractivity contribution >= 4 is 23.3 Å². The average molecular weight is 424 g/mol. The lowest BCUT2D eigenvalue weighted by Crippen LogP contribution is -2.52. The van der Waals surface area contributed by atoms with E-state index >= 15 is 0 Å². The van der Waals surface area contributed by atoms with Crippen molar-refractivity contribution in [3.05, 3.63) is 65.5 Å². The Morgan fingerprint density at radius 3 is 2.81 bits per heavy atom. The van der Waals surface area contributed by atoms with Crippen molar-refractivity contribution in [3.8, 4) is 0 Å². The fourth-order valence-electron chi connectivity index (χ4n) is 3.89. The maximum Gasteiger partial charge on any atom is 0.321 e. The van der Waals surface area contributed by atoms with E-state index in [4.69, 9.17) is 4.84 Å². The van der Waals surface area contributed by atoms with Crippen molar-refractivity contribution in [1.29, 1.82) is 0 Å². The van der Waals surface area contributed by atoms with Gasteiger partial charge >= 0.3 is 6.03 Å². The van der Waals surface area contributed by atoms with Gasteiger partial charge in [0.25, 0.3) is 5.91 Å². The lowest BCUT2D eigenvalue weighted by atomic mass is 9.88. The minimum absolute atomic E-state index is 0.265. The van der Waals surface area contributed by atoms with Crippen LogP contribution in [0.2, 0.25) is 0 Å². The Kier molecular flexibility index (Phi) is 5.88. The van der Waals surface area contributed by atoms with Crippen molar-refractivity contribution in [1.82, 2.24) is 10.2 Å². The number of nitrogens with zero attached hydrogens (tertiary/aromatic N) is 2. The normalized spacial score (nSPS) is 20.2. The Balaban J connectivity index is 1.32. The molecule has 1 fully saturated rings. The second kappa shape index (κ2) is 8.75. The molecule has 0 radical (unpaired) electrons. The Bertz CT molecular complexity index is 1010. The lowest BCUT2D eigenvalue weighted by molar-refractivity contribution is -0.115. The Labute approximate surface area is 180 Å². The number of rotatable bonds is 4. The summed E-state index contributed by atoms with van der Waals surface area (Å²) in [6.07, 6.45) is 1.77. The summed E-state index contributed by atoms with van der Waals surface area (Å²) in [4.78, 5) is 32.5. The summed E-state index contributed by atoms with van der Waals surface area (Å²) in [5.74, 6) is -0.680. The number of benzene rings is 2. The van der Waals surface area contributed by atoms with Crippen LogP contribution in [0.25, 0.3) is 0 Å². The molecule has 3 amide bonds. The average Bonchev–Trinajstić information content (AvgIpc) is 3.16. The van der Waals surface area contributed by atoms with E-state index in [9.17, 15) is 14.0 Å². The summed E-state index contributed by atoms with van der Waals surface area (Å²) in [6.45, 7) is 3.29. The van der Waals surface area contributed by atoms with Gasteiger partial charge in [-0.25, -0.2) is 9.18 Å². The number of urea groups is 1. The molecule has 1 atom stereocenters. The zero-order chi connectivity index (χ0) is 21.8. The molecule has 1 spiro atoms. The van der Waals surface area contributed by atoms with Crippen LogP contribution in [-0.2, 0) is 16.2 Å². The van der Waals surface area contributed by atoms with E-state index in [-0.39, 0.29) is 11.9 Å². The maximum atomic E-state index is 13.4. The molecule has 0 saturated carbocycles. The van der Waals surface area contributed by atoms with Crippen molar-refractivity contribution in [2.24, 2.45) is 5.16 Å². The fourth-order valence-corrected chi connectivity index (χ4v) is 3.89. The number of anilines is 1. The molecule has 0 aromatic heterocycles. The van der Waals surface area contributed by atoms with Gasteiger partial charge in [0.15, 0.2) is 5.60 Å². The van der Waals surface area contributed by atoms with E-state index in [1.807, 2.05) is 31.2 Å². The molecule has 2 N–H and O–H groups in total. The molecule has 0 bridgehead atoms. The number of carbonyl (C=O) groups excluding carboxylic acids is 2. The SMILES string of the molecule is Cc1ccc(CNC(=O)C2=NOC3(CCCN(C(=O)Nc4cccc(F)c4)C3)C2)cc1. The van der Waals surface area contributed by atoms with Gasteiger partial charge in [0.05, 0.1) is 6.54 Å². The number of aryl methyl sites for hydroxylation is 1. The summed E-state index contributed by atoms with van der Waals surface area (Å²) in [6, 6.07) is 13.4. The van der Waals surface area contributed by atoms with Crippen LogP contribution < -0.4 is 10.6 Å². The third-order valence-corrected chi connectivity index (χ3v) is 5.58. The maximum absolute atomic E-state index is 13.4. The summed E-state index contributed by atoms with van der Waals surface area (Å²) in [5, 5.41) is 9.61. The van der Waals surface area contributed by atoms with Crippen LogP contribution in [0.15, 0.2) is 53.7 Å². The van der Waals surface area contributed by atoms with E-state index < -0.39 is 11.4 Å². The van der Waals surface area contributed by atoms with Crippen molar-refractivity contribution in [3.63, 3.8) is 0 Å². The molecule has 31 heavy (non-hydrogen) atoms. The number of piperidine rings is 1. The molecule has 2 aromatic carbocycles. The van der Waals surface area contributed by atoms with Crippen LogP contribution >= 0.6 is 0 Å². The number of hydrogen-bond acceptors (Lipinski definition) is 4. The first-order valence-electron chi connectivity index (χ1n) is 10.3. The summed E-state index contributed by atoms with van der Waals surface area (Å²) < 4.78 is 13.4. The third kappa shape index (κ3) is 5.02. The van der Waals surface area contributed by atoms with Gasteiger partial charge in [-0.2, -0.15) is 0 Å². The van der Waals surface area contributed by atoms with Crippen molar-refractivity contribution in [2.45, 2.75) is 38.3 Å². The van der Waals surface area contributed by atoms with Gasteiger partial charge in [0.1, 0.15) is 11.5 Å². The highest BCUT2D eigenvalue weighted by molar-refractivity contribution is 6.39. The molecule has 2 aliphatic heterocycles. The second-order valence-electron chi connectivity index (χ2n) is 8.12. The minimum Gasteiger partial charge on any atom is -0.386 e. The molecule has 4 rings (SSSR count). The highest BCUT2D eigenvalue weighted by atomic mass is 19.1. The number of oxime groups is 1. The molecule has 2 aromatic rings. The highest BCUT2D eigenvalue weighted by Gasteiger charge is 2.45. The molecule has 0 aliphatic carbocycles. The number of hydrogen-bond donors (Lipinski definition) is 2. The molecule has 2 aliphatic rings. The molecule has 162 valence electrons. The van der Waals surface area contributed by atoms with Gasteiger partial charge in [-0.3, -0.25) is 4.79 Å². The van der Waals surface area contributed by atoms with E-state index in [0.717, 1.165) is 17.5 Å². The number of likely N-dealkylation sites (tertiary alicyclic amines) is 1. The van der Waals surface area contributed by atoms with E-state index in [1.165, 1.54) is 18.2 Å². The van der Waals surface area contributed by atoms with Crippen molar-refractivity contribution < 1.29 is 18.8 Å². The number of carbonyl (C=O) groups is 2. The van der Waals surface area contributed by atoms with Gasteiger partial charge in [-0.1, -0.05) is 41.1 Å². The Hall–Kier alpha value is -3.42. The van der Waals surface area contributed by atoms with Crippen molar-refractivity contribution in [2.75, 3.05) is 18.4 Å². The third-order valence-electron chi connectivity index (χ3n) is 5.58. The monoisotopic (exact) mass is 424 g/mol. The summed E-state index contributed by atoms with van der Waals surface area (Å²) >= 11 is 0. The summed E-state index contributed by atoms with van der Waals surface area (Å²) in [5.41, 5.74) is 2.19. The smallest absolute Gasteiger partial charge is 0.321 e. The Morgan fingerprint density at radius 2 is 2.03 bits per heavy atom. The van der Waals surface area contributed by atoms with E-state index in [1.54, 1.807) is 11.0 Å². The Morgan fingerprint density at radius 1 is 1.23 bits per heavy atom. The van der Waals surface area contributed by atoms with Crippen LogP contribution in [0.3, 0.4) is 0 Å². The van der Waals surface area contributed by atoms with Crippen LogP contribution in [0.4, 0.5) is 14.9 Å². The topological polar surface area (TPSA) is 83.0 Å². The lowest BCUT2D eigenvalue weighted by Gasteiger charge is -2.38. The molecular formula is C23H25FN4O3. The highest BCUT2D eigenvalue weighted by Crippen LogP contribution is 2.33. The first-order valence-corrected chi connectivity index (χ1v) is 10.3. The van der Waals surface area contributed by atoms with Gasteiger partial charge in [0.2, 0.25) is 0 Å². The number of halogens is 1. The minimum atomic E-state index is -0.700. The molecule has 7 nitrogen and oxygen atoms in total. The number of nitrogens with one attached hydrogen (secondary N) is 2. The predicted octanol–water partition coefficient (Wildman–Crippen LogP) is 3.59. The predicted molar refractivity (Wildman–Crippen MR) is 115 cm³/mol. The fraction of sp³-hybridized carbons (Fsp3) is 0.348. The van der Waals surface area contributed by atoms with Crippen LogP contribution in [0, 0.1) is 12.7 Å². The molecular weight excluding hydrogens is 399 g/mol. The van der Waals surface area contributed by atoms with Gasteiger partial charge in [0, 0.05) is 25.2 Å².